The van der Waals surface area contributed by atoms with E-state index in [-0.39, 0.29) is 17.9 Å². The minimum Gasteiger partial charge on any atom is -0.366 e. The van der Waals surface area contributed by atoms with E-state index in [2.05, 4.69) is 0 Å². The molecule has 2 heterocycles. The molecular weight excluding hydrogens is 546 g/mol. The summed E-state index contributed by atoms with van der Waals surface area (Å²) in [6.45, 7) is 2.50. The van der Waals surface area contributed by atoms with Crippen LogP contribution in [-0.2, 0) is 30.8 Å². The molecule has 0 aliphatic carbocycles. The van der Waals surface area contributed by atoms with Crippen LogP contribution in [-0.4, -0.2) is 71.1 Å². The number of amides is 3. The van der Waals surface area contributed by atoms with Crippen LogP contribution in [0.2, 0.25) is 10.0 Å². The smallest absolute Gasteiger partial charge is 0.261 e. The van der Waals surface area contributed by atoms with Gasteiger partial charge in [0, 0.05) is 30.5 Å². The van der Waals surface area contributed by atoms with Crippen molar-refractivity contribution < 1.29 is 27.2 Å². The normalized spacial score (nSPS) is 22.9. The Bertz CT molecular complexity index is 1370. The summed E-state index contributed by atoms with van der Waals surface area (Å²) in [5.41, 5.74) is 4.26. The van der Waals surface area contributed by atoms with Gasteiger partial charge in [0.15, 0.2) is 0 Å². The predicted molar refractivity (Wildman–Crippen MR) is 134 cm³/mol. The molecule has 2 atom stereocenters. The van der Waals surface area contributed by atoms with Gasteiger partial charge in [-0.15, -0.1) is 0 Å². The number of fused-ring (bicyclic) bond motifs is 1. The van der Waals surface area contributed by atoms with E-state index in [4.69, 9.17) is 28.9 Å². The van der Waals surface area contributed by atoms with E-state index < -0.39 is 69.3 Å². The van der Waals surface area contributed by atoms with Gasteiger partial charge in [-0.25, -0.2) is 12.8 Å². The third kappa shape index (κ3) is 4.58. The Balaban J connectivity index is 1.93. The lowest BCUT2D eigenvalue weighted by molar-refractivity contribution is -0.186. The maximum atomic E-state index is 14.1. The third-order valence-corrected chi connectivity index (χ3v) is 9.35. The van der Waals surface area contributed by atoms with E-state index in [9.17, 15) is 27.2 Å². The minimum absolute atomic E-state index is 0.0192. The van der Waals surface area contributed by atoms with Crippen LogP contribution < -0.4 is 5.73 Å². The quantitative estimate of drug-likeness (QED) is 0.571. The first-order chi connectivity index (χ1) is 17.3. The number of rotatable bonds is 6. The highest BCUT2D eigenvalue weighted by Gasteiger charge is 2.64. The van der Waals surface area contributed by atoms with Gasteiger partial charge < -0.3 is 15.5 Å². The van der Waals surface area contributed by atoms with Crippen molar-refractivity contribution in [3.8, 4) is 0 Å². The molecule has 9 nitrogen and oxygen atoms in total. The second-order valence-electron chi connectivity index (χ2n) is 9.25. The number of hydrogen-bond donors (Lipinski definition) is 1. The van der Waals surface area contributed by atoms with E-state index in [0.29, 0.717) is 10.6 Å². The van der Waals surface area contributed by atoms with Gasteiger partial charge in [-0.2, -0.15) is 4.31 Å². The summed E-state index contributed by atoms with van der Waals surface area (Å²) >= 11 is 12.1. The van der Waals surface area contributed by atoms with E-state index in [1.165, 1.54) is 4.90 Å². The second-order valence-corrected chi connectivity index (χ2v) is 11.9. The molecule has 0 bridgehead atoms. The van der Waals surface area contributed by atoms with Crippen LogP contribution in [0.1, 0.15) is 25.8 Å². The molecule has 2 saturated heterocycles. The van der Waals surface area contributed by atoms with Gasteiger partial charge in [-0.3, -0.25) is 14.4 Å². The summed E-state index contributed by atoms with van der Waals surface area (Å²) in [7, 11) is -4.67. The molecule has 0 radical (unpaired) electrons. The summed E-state index contributed by atoms with van der Waals surface area (Å²) in [4.78, 5) is 42.0. The number of carbonyl (C=O) groups excluding carboxylic acids is 3. The van der Waals surface area contributed by atoms with Crippen molar-refractivity contribution in [3.63, 3.8) is 0 Å². The molecule has 0 saturated carbocycles. The maximum absolute atomic E-state index is 14.1. The van der Waals surface area contributed by atoms with Crippen molar-refractivity contribution in [2.75, 3.05) is 13.1 Å². The number of sulfonamides is 1. The standard InChI is InChI=1S/C24H25Cl2FN4O5S/c1-14(2)29-13-24(23(28)34)30(37(35,36)20-12-17(27)7-8-18(20)26)10-9-21(32)31(24)19(22(29)33)11-15-3-5-16(25)6-4-15/h3-8,12,14,19H,9-11,13H2,1-2H3,(H2,28,34). The summed E-state index contributed by atoms with van der Waals surface area (Å²) in [5.74, 6) is -3.07. The van der Waals surface area contributed by atoms with Gasteiger partial charge >= 0.3 is 0 Å². The van der Waals surface area contributed by atoms with Crippen molar-refractivity contribution >= 4 is 50.9 Å². The average Bonchev–Trinajstić information content (AvgIpc) is 2.83. The summed E-state index contributed by atoms with van der Waals surface area (Å²) < 4.78 is 42.7. The van der Waals surface area contributed by atoms with Gasteiger partial charge in [-0.1, -0.05) is 35.3 Å². The third-order valence-electron chi connectivity index (χ3n) is 6.70. The molecule has 2 fully saturated rings. The van der Waals surface area contributed by atoms with Crippen molar-refractivity contribution in [1.82, 2.24) is 14.1 Å². The zero-order valence-electron chi connectivity index (χ0n) is 20.0. The van der Waals surface area contributed by atoms with Crippen LogP contribution in [0.5, 0.6) is 0 Å². The lowest BCUT2D eigenvalue weighted by atomic mass is 9.90. The molecule has 2 aromatic carbocycles. The molecule has 0 spiro atoms. The zero-order valence-corrected chi connectivity index (χ0v) is 22.4. The SMILES string of the molecule is CC(C)N1CC2(C(N)=O)N(C(=O)CCN2S(=O)(=O)c2cc(F)ccc2Cl)C(Cc2ccc(Cl)cc2)C1=O. The molecule has 2 unspecified atom stereocenters. The number of piperazine rings is 1. The van der Waals surface area contributed by atoms with Crippen molar-refractivity contribution in [1.29, 1.82) is 0 Å². The predicted octanol–water partition coefficient (Wildman–Crippen LogP) is 2.40. The highest BCUT2D eigenvalue weighted by Crippen LogP contribution is 2.40. The molecule has 3 amide bonds. The van der Waals surface area contributed by atoms with Crippen LogP contribution in [0.15, 0.2) is 47.4 Å². The van der Waals surface area contributed by atoms with Crippen LogP contribution in [0.25, 0.3) is 0 Å². The first kappa shape index (κ1) is 27.3. The zero-order chi connectivity index (χ0) is 27.3. The van der Waals surface area contributed by atoms with Crippen LogP contribution in [0.3, 0.4) is 0 Å². The Labute approximate surface area is 223 Å². The molecule has 37 heavy (non-hydrogen) atoms. The number of nitrogens with two attached hydrogens (primary N) is 1. The highest BCUT2D eigenvalue weighted by molar-refractivity contribution is 7.89. The Kier molecular flexibility index (Phi) is 7.28. The molecule has 2 N–H and O–H groups in total. The fraction of sp³-hybridized carbons (Fsp3) is 0.375. The molecular formula is C24H25Cl2FN4O5S. The van der Waals surface area contributed by atoms with Gasteiger partial charge in [0.25, 0.3) is 5.91 Å². The van der Waals surface area contributed by atoms with Gasteiger partial charge in [0.05, 0.1) is 11.6 Å². The first-order valence-electron chi connectivity index (χ1n) is 11.5. The number of carbonyl (C=O) groups is 3. The molecule has 2 aliphatic rings. The van der Waals surface area contributed by atoms with Crippen LogP contribution >= 0.6 is 23.2 Å². The molecule has 0 aromatic heterocycles. The van der Waals surface area contributed by atoms with E-state index >= 15 is 0 Å². The average molecular weight is 571 g/mol. The number of nitrogens with zero attached hydrogens (tertiary/aromatic N) is 3. The summed E-state index contributed by atoms with van der Waals surface area (Å²) in [6.07, 6.45) is -0.345. The molecule has 198 valence electrons. The van der Waals surface area contributed by atoms with Gasteiger partial charge in [0.1, 0.15) is 16.8 Å². The second kappa shape index (κ2) is 9.86. The number of primary amides is 1. The van der Waals surface area contributed by atoms with Crippen LogP contribution in [0, 0.1) is 5.82 Å². The first-order valence-corrected chi connectivity index (χ1v) is 13.6. The minimum atomic E-state index is -4.67. The van der Waals surface area contributed by atoms with E-state index in [1.807, 2.05) is 0 Å². The largest absolute Gasteiger partial charge is 0.366 e. The fourth-order valence-electron chi connectivity index (χ4n) is 4.92. The van der Waals surface area contributed by atoms with Crippen molar-refractivity contribution in [3.05, 3.63) is 63.9 Å². The molecule has 4 rings (SSSR count). The Morgan fingerprint density at radius 3 is 2.41 bits per heavy atom. The number of benzene rings is 2. The highest BCUT2D eigenvalue weighted by atomic mass is 35.5. The van der Waals surface area contributed by atoms with Gasteiger partial charge in [-0.05, 0) is 49.7 Å². The summed E-state index contributed by atoms with van der Waals surface area (Å²) in [6, 6.07) is 7.71. The fourth-order valence-corrected chi connectivity index (χ4v) is 7.24. The van der Waals surface area contributed by atoms with Crippen LogP contribution in [0.4, 0.5) is 4.39 Å². The lowest BCUT2D eigenvalue weighted by Crippen LogP contribution is -2.83. The lowest BCUT2D eigenvalue weighted by Gasteiger charge is -2.58. The maximum Gasteiger partial charge on any atom is 0.261 e. The summed E-state index contributed by atoms with van der Waals surface area (Å²) in [5, 5.41) is 0.196. The van der Waals surface area contributed by atoms with Gasteiger partial charge in [0.2, 0.25) is 27.5 Å². The Hall–Kier alpha value is -2.73. The molecule has 13 heteroatoms. The topological polar surface area (TPSA) is 121 Å². The Morgan fingerprint density at radius 2 is 1.81 bits per heavy atom. The van der Waals surface area contributed by atoms with E-state index in [0.717, 1.165) is 27.4 Å². The van der Waals surface area contributed by atoms with Crippen molar-refractivity contribution in [2.45, 2.75) is 49.3 Å². The van der Waals surface area contributed by atoms with Crippen molar-refractivity contribution in [2.24, 2.45) is 5.73 Å². The monoisotopic (exact) mass is 570 g/mol. The number of halogens is 3. The molecule has 2 aromatic rings. The Morgan fingerprint density at radius 1 is 1.16 bits per heavy atom. The number of hydrogen-bond acceptors (Lipinski definition) is 5. The molecule has 2 aliphatic heterocycles. The van der Waals surface area contributed by atoms with E-state index in [1.54, 1.807) is 38.1 Å².